The molecule has 1 atom stereocenters. The Balaban J connectivity index is 1.63. The van der Waals surface area contributed by atoms with Crippen molar-refractivity contribution in [1.29, 1.82) is 0 Å². The predicted octanol–water partition coefficient (Wildman–Crippen LogP) is 2.14. The summed E-state index contributed by atoms with van der Waals surface area (Å²) in [6, 6.07) is 9.13. The number of para-hydroxylation sites is 2. The van der Waals surface area contributed by atoms with Crippen molar-refractivity contribution in [3.8, 4) is 11.5 Å². The molecule has 1 aliphatic heterocycles. The molecule has 0 fully saturated rings. The predicted molar refractivity (Wildman–Crippen MR) is 77.6 cm³/mol. The van der Waals surface area contributed by atoms with Gasteiger partial charge >= 0.3 is 0 Å². The molecule has 2 aromatic rings. The number of benzene rings is 1. The van der Waals surface area contributed by atoms with E-state index in [1.165, 1.54) is 0 Å². The van der Waals surface area contributed by atoms with Crippen molar-refractivity contribution in [2.24, 2.45) is 0 Å². The Morgan fingerprint density at radius 1 is 1.43 bits per heavy atom. The van der Waals surface area contributed by atoms with Crippen LogP contribution in [0.25, 0.3) is 0 Å². The van der Waals surface area contributed by atoms with Crippen LogP contribution in [0.5, 0.6) is 11.5 Å². The van der Waals surface area contributed by atoms with Gasteiger partial charge in [0.1, 0.15) is 6.61 Å². The first-order valence-electron chi connectivity index (χ1n) is 7.00. The summed E-state index contributed by atoms with van der Waals surface area (Å²) >= 11 is 0. The molecule has 0 aliphatic carbocycles. The number of hydrogen-bond acceptors (Lipinski definition) is 4. The highest BCUT2D eigenvalue weighted by molar-refractivity contribution is 5.94. The first kappa shape index (κ1) is 13.5. The SMILES string of the molecule is CCCc1cc(NC(=O)C2COc3ccccc3O2)n[nH]1. The van der Waals surface area contributed by atoms with E-state index in [1.54, 1.807) is 6.07 Å². The van der Waals surface area contributed by atoms with Crippen molar-refractivity contribution in [3.05, 3.63) is 36.0 Å². The summed E-state index contributed by atoms with van der Waals surface area (Å²) in [4.78, 5) is 12.2. The van der Waals surface area contributed by atoms with E-state index in [0.717, 1.165) is 18.5 Å². The van der Waals surface area contributed by atoms with E-state index in [9.17, 15) is 4.79 Å². The molecule has 1 unspecified atom stereocenters. The second-order valence-corrected chi connectivity index (χ2v) is 4.88. The number of aromatic amines is 1. The smallest absolute Gasteiger partial charge is 0.270 e. The van der Waals surface area contributed by atoms with E-state index in [-0.39, 0.29) is 12.5 Å². The van der Waals surface area contributed by atoms with Gasteiger partial charge in [0, 0.05) is 11.8 Å². The fourth-order valence-electron chi connectivity index (χ4n) is 2.18. The first-order valence-corrected chi connectivity index (χ1v) is 7.00. The van der Waals surface area contributed by atoms with E-state index >= 15 is 0 Å². The number of nitrogens with one attached hydrogen (secondary N) is 2. The number of ether oxygens (including phenoxy) is 2. The van der Waals surface area contributed by atoms with Crippen LogP contribution in [0.2, 0.25) is 0 Å². The minimum Gasteiger partial charge on any atom is -0.485 e. The van der Waals surface area contributed by atoms with Crippen LogP contribution in [-0.2, 0) is 11.2 Å². The molecule has 0 spiro atoms. The highest BCUT2D eigenvalue weighted by atomic mass is 16.6. The summed E-state index contributed by atoms with van der Waals surface area (Å²) in [5, 5.41) is 9.69. The first-order chi connectivity index (χ1) is 10.3. The average molecular weight is 287 g/mol. The second-order valence-electron chi connectivity index (χ2n) is 4.88. The zero-order chi connectivity index (χ0) is 14.7. The van der Waals surface area contributed by atoms with Gasteiger partial charge in [0.05, 0.1) is 0 Å². The number of aromatic nitrogens is 2. The standard InChI is InChI=1S/C15H17N3O3/c1-2-5-10-8-14(18-17-10)16-15(19)13-9-20-11-6-3-4-7-12(11)21-13/h3-4,6-8,13H,2,5,9H2,1H3,(H2,16,17,18,19). The molecule has 1 aromatic carbocycles. The van der Waals surface area contributed by atoms with Gasteiger partial charge in [0.2, 0.25) is 6.10 Å². The summed E-state index contributed by atoms with van der Waals surface area (Å²) < 4.78 is 11.2. The molecule has 1 aromatic heterocycles. The third-order valence-electron chi connectivity index (χ3n) is 3.20. The number of carbonyl (C=O) groups is 1. The highest BCUT2D eigenvalue weighted by Crippen LogP contribution is 2.31. The number of aryl methyl sites for hydroxylation is 1. The van der Waals surface area contributed by atoms with Crippen LogP contribution in [0.4, 0.5) is 5.82 Å². The number of nitrogens with zero attached hydrogens (tertiary/aromatic N) is 1. The molecule has 3 rings (SSSR count). The molecule has 1 amide bonds. The summed E-state index contributed by atoms with van der Waals surface area (Å²) in [5.74, 6) is 1.48. The van der Waals surface area contributed by atoms with Crippen LogP contribution in [0.3, 0.4) is 0 Å². The van der Waals surface area contributed by atoms with E-state index < -0.39 is 6.10 Å². The van der Waals surface area contributed by atoms with Crippen LogP contribution in [0, 0.1) is 0 Å². The number of rotatable bonds is 4. The Morgan fingerprint density at radius 2 is 2.24 bits per heavy atom. The van der Waals surface area contributed by atoms with Crippen LogP contribution < -0.4 is 14.8 Å². The number of carbonyl (C=O) groups excluding carboxylic acids is 1. The fraction of sp³-hybridized carbons (Fsp3) is 0.333. The zero-order valence-corrected chi connectivity index (χ0v) is 11.8. The largest absolute Gasteiger partial charge is 0.485 e. The van der Waals surface area contributed by atoms with Gasteiger partial charge in [-0.2, -0.15) is 5.10 Å². The van der Waals surface area contributed by atoms with Crippen molar-refractivity contribution < 1.29 is 14.3 Å². The van der Waals surface area contributed by atoms with Crippen molar-refractivity contribution in [2.75, 3.05) is 11.9 Å². The highest BCUT2D eigenvalue weighted by Gasteiger charge is 2.27. The molecule has 2 heterocycles. The van der Waals surface area contributed by atoms with Gasteiger partial charge in [-0.1, -0.05) is 25.5 Å². The minimum absolute atomic E-state index is 0.190. The van der Waals surface area contributed by atoms with Crippen molar-refractivity contribution in [1.82, 2.24) is 10.2 Å². The molecule has 2 N–H and O–H groups in total. The molecule has 6 nitrogen and oxygen atoms in total. The van der Waals surface area contributed by atoms with E-state index in [1.807, 2.05) is 24.3 Å². The van der Waals surface area contributed by atoms with E-state index in [0.29, 0.717) is 17.3 Å². The molecular weight excluding hydrogens is 270 g/mol. The number of fused-ring (bicyclic) bond motifs is 1. The van der Waals surface area contributed by atoms with Gasteiger partial charge in [0.15, 0.2) is 17.3 Å². The molecule has 0 radical (unpaired) electrons. The molecule has 0 saturated carbocycles. The molecule has 0 saturated heterocycles. The Bertz CT molecular complexity index is 639. The molecular formula is C15H17N3O3. The summed E-state index contributed by atoms with van der Waals surface area (Å²) in [5.41, 5.74) is 0.999. The summed E-state index contributed by atoms with van der Waals surface area (Å²) in [6.07, 6.45) is 1.25. The van der Waals surface area contributed by atoms with Crippen LogP contribution >= 0.6 is 0 Å². The maximum Gasteiger partial charge on any atom is 0.270 e. The minimum atomic E-state index is -0.675. The Hall–Kier alpha value is -2.50. The third kappa shape index (κ3) is 2.99. The lowest BCUT2D eigenvalue weighted by Crippen LogP contribution is -2.40. The number of H-pyrrole nitrogens is 1. The zero-order valence-electron chi connectivity index (χ0n) is 11.8. The van der Waals surface area contributed by atoms with Gasteiger partial charge in [0.25, 0.3) is 5.91 Å². The Kier molecular flexibility index (Phi) is 3.77. The topological polar surface area (TPSA) is 76.2 Å². The average Bonchev–Trinajstić information content (AvgIpc) is 2.94. The lowest BCUT2D eigenvalue weighted by Gasteiger charge is -2.25. The number of amides is 1. The summed E-state index contributed by atoms with van der Waals surface area (Å²) in [6.45, 7) is 2.28. The summed E-state index contributed by atoms with van der Waals surface area (Å²) in [7, 11) is 0. The van der Waals surface area contributed by atoms with E-state index in [4.69, 9.17) is 9.47 Å². The lowest BCUT2D eigenvalue weighted by molar-refractivity contribution is -0.125. The van der Waals surface area contributed by atoms with Crippen LogP contribution in [0.1, 0.15) is 19.0 Å². The van der Waals surface area contributed by atoms with Gasteiger partial charge in [-0.3, -0.25) is 9.89 Å². The van der Waals surface area contributed by atoms with Gasteiger partial charge in [-0.25, -0.2) is 0 Å². The van der Waals surface area contributed by atoms with Crippen LogP contribution in [0.15, 0.2) is 30.3 Å². The number of anilines is 1. The molecule has 21 heavy (non-hydrogen) atoms. The monoisotopic (exact) mass is 287 g/mol. The van der Waals surface area contributed by atoms with Crippen molar-refractivity contribution in [3.63, 3.8) is 0 Å². The maximum absolute atomic E-state index is 12.2. The van der Waals surface area contributed by atoms with Crippen molar-refractivity contribution >= 4 is 11.7 Å². The third-order valence-corrected chi connectivity index (χ3v) is 3.20. The van der Waals surface area contributed by atoms with E-state index in [2.05, 4.69) is 22.4 Å². The Labute approximate surface area is 122 Å². The Morgan fingerprint density at radius 3 is 3.05 bits per heavy atom. The molecule has 6 heteroatoms. The quantitative estimate of drug-likeness (QED) is 0.903. The van der Waals surface area contributed by atoms with Gasteiger partial charge in [-0.05, 0) is 18.6 Å². The van der Waals surface area contributed by atoms with Gasteiger partial charge in [-0.15, -0.1) is 0 Å². The fourth-order valence-corrected chi connectivity index (χ4v) is 2.18. The lowest BCUT2D eigenvalue weighted by atomic mass is 10.2. The number of hydrogen-bond donors (Lipinski definition) is 2. The molecule has 110 valence electrons. The molecule has 1 aliphatic rings. The van der Waals surface area contributed by atoms with Crippen molar-refractivity contribution in [2.45, 2.75) is 25.9 Å². The maximum atomic E-state index is 12.2. The van der Waals surface area contributed by atoms with Gasteiger partial charge < -0.3 is 14.8 Å². The normalized spacial score (nSPS) is 16.5. The molecule has 0 bridgehead atoms. The second kappa shape index (κ2) is 5.87. The van der Waals surface area contributed by atoms with Crippen LogP contribution in [-0.4, -0.2) is 28.8 Å².